The van der Waals surface area contributed by atoms with E-state index in [2.05, 4.69) is 32.2 Å². The van der Waals surface area contributed by atoms with Crippen molar-refractivity contribution in [1.82, 2.24) is 5.32 Å². The summed E-state index contributed by atoms with van der Waals surface area (Å²) >= 11 is 0. The number of halogens is 1. The monoisotopic (exact) mass is 279 g/mol. The minimum absolute atomic E-state index is 0.120. The molecular formula is C18H30FN. The maximum atomic E-state index is 13.5. The largest absolute Gasteiger partial charge is 0.316 e. The van der Waals surface area contributed by atoms with Crippen LogP contribution in [0.25, 0.3) is 0 Å². The first-order valence-electron chi connectivity index (χ1n) is 8.17. The summed E-state index contributed by atoms with van der Waals surface area (Å²) < 4.78 is 13.5. The lowest BCUT2D eigenvalue weighted by molar-refractivity contribution is 0.377. The molecule has 1 nitrogen and oxygen atoms in total. The maximum absolute atomic E-state index is 13.5. The van der Waals surface area contributed by atoms with Crippen LogP contribution in [0, 0.1) is 11.7 Å². The molecule has 0 spiro atoms. The standard InChI is InChI=1S/C18H30FN/c1-4-7-9-15(5-2)12-17(14-20-6-3)16-10-8-11-18(19)13-16/h8,10-11,13,15,17,20H,4-7,9,12,14H2,1-3H3. The van der Waals surface area contributed by atoms with Gasteiger partial charge < -0.3 is 5.32 Å². The third-order valence-corrected chi connectivity index (χ3v) is 4.12. The quantitative estimate of drug-likeness (QED) is 0.626. The predicted molar refractivity (Wildman–Crippen MR) is 85.6 cm³/mol. The molecule has 0 radical (unpaired) electrons. The van der Waals surface area contributed by atoms with Crippen LogP contribution in [0.2, 0.25) is 0 Å². The van der Waals surface area contributed by atoms with Crippen molar-refractivity contribution in [2.75, 3.05) is 13.1 Å². The topological polar surface area (TPSA) is 12.0 Å². The highest BCUT2D eigenvalue weighted by Crippen LogP contribution is 2.28. The fourth-order valence-corrected chi connectivity index (χ4v) is 2.80. The number of hydrogen-bond donors (Lipinski definition) is 1. The second kappa shape index (κ2) is 9.93. The van der Waals surface area contributed by atoms with Crippen molar-refractivity contribution in [3.63, 3.8) is 0 Å². The van der Waals surface area contributed by atoms with Gasteiger partial charge in [0.05, 0.1) is 0 Å². The van der Waals surface area contributed by atoms with Gasteiger partial charge in [-0.3, -0.25) is 0 Å². The van der Waals surface area contributed by atoms with Crippen LogP contribution < -0.4 is 5.32 Å². The first-order chi connectivity index (χ1) is 9.71. The third-order valence-electron chi connectivity index (χ3n) is 4.12. The Hall–Kier alpha value is -0.890. The molecule has 0 bridgehead atoms. The van der Waals surface area contributed by atoms with E-state index < -0.39 is 0 Å². The SMILES string of the molecule is CCCCC(CC)CC(CNCC)c1cccc(F)c1. The third kappa shape index (κ3) is 6.04. The van der Waals surface area contributed by atoms with Gasteiger partial charge in [-0.2, -0.15) is 0 Å². The van der Waals surface area contributed by atoms with E-state index in [1.54, 1.807) is 6.07 Å². The number of benzene rings is 1. The number of likely N-dealkylation sites (N-methyl/N-ethyl adjacent to an activating group) is 1. The summed E-state index contributed by atoms with van der Waals surface area (Å²) in [6.07, 6.45) is 6.24. The average Bonchev–Trinajstić information content (AvgIpc) is 2.46. The average molecular weight is 279 g/mol. The zero-order valence-electron chi connectivity index (χ0n) is 13.3. The van der Waals surface area contributed by atoms with Crippen LogP contribution in [0.4, 0.5) is 4.39 Å². The van der Waals surface area contributed by atoms with Crippen LogP contribution in [-0.2, 0) is 0 Å². The highest BCUT2D eigenvalue weighted by Gasteiger charge is 2.17. The van der Waals surface area contributed by atoms with Gasteiger partial charge in [0.2, 0.25) is 0 Å². The van der Waals surface area contributed by atoms with Gasteiger partial charge in [0, 0.05) is 6.54 Å². The smallest absolute Gasteiger partial charge is 0.123 e. The van der Waals surface area contributed by atoms with Crippen molar-refractivity contribution in [2.45, 2.75) is 58.8 Å². The van der Waals surface area contributed by atoms with Gasteiger partial charge in [0.1, 0.15) is 5.82 Å². The Balaban J connectivity index is 2.72. The fraction of sp³-hybridized carbons (Fsp3) is 0.667. The van der Waals surface area contributed by atoms with E-state index in [0.717, 1.165) is 31.0 Å². The van der Waals surface area contributed by atoms with Crippen molar-refractivity contribution in [2.24, 2.45) is 5.92 Å². The van der Waals surface area contributed by atoms with Gasteiger partial charge in [-0.15, -0.1) is 0 Å². The summed E-state index contributed by atoms with van der Waals surface area (Å²) in [6, 6.07) is 7.13. The summed E-state index contributed by atoms with van der Waals surface area (Å²) in [5.74, 6) is 1.06. The van der Waals surface area contributed by atoms with Crippen LogP contribution in [0.15, 0.2) is 24.3 Å². The lowest BCUT2D eigenvalue weighted by atomic mass is 9.85. The van der Waals surface area contributed by atoms with Crippen LogP contribution in [0.5, 0.6) is 0 Å². The van der Waals surface area contributed by atoms with Crippen molar-refractivity contribution in [3.8, 4) is 0 Å². The summed E-state index contributed by atoms with van der Waals surface area (Å²) in [4.78, 5) is 0. The molecule has 0 amide bonds. The number of nitrogens with one attached hydrogen (secondary N) is 1. The molecule has 0 heterocycles. The second-order valence-corrected chi connectivity index (χ2v) is 5.71. The molecule has 0 saturated carbocycles. The zero-order chi connectivity index (χ0) is 14.8. The van der Waals surface area contributed by atoms with Gasteiger partial charge in [-0.25, -0.2) is 4.39 Å². The van der Waals surface area contributed by atoms with Crippen LogP contribution in [-0.4, -0.2) is 13.1 Å². The molecule has 0 fully saturated rings. The van der Waals surface area contributed by atoms with E-state index in [1.165, 1.54) is 31.7 Å². The summed E-state index contributed by atoms with van der Waals surface area (Å²) in [5, 5.41) is 3.43. The first kappa shape index (κ1) is 17.2. The molecule has 0 aliphatic carbocycles. The Morgan fingerprint density at radius 3 is 2.60 bits per heavy atom. The lowest BCUT2D eigenvalue weighted by Gasteiger charge is -2.23. The van der Waals surface area contributed by atoms with Crippen LogP contribution in [0.1, 0.15) is 64.4 Å². The van der Waals surface area contributed by atoms with E-state index in [0.29, 0.717) is 5.92 Å². The van der Waals surface area contributed by atoms with E-state index in [4.69, 9.17) is 0 Å². The maximum Gasteiger partial charge on any atom is 0.123 e. The number of hydrogen-bond acceptors (Lipinski definition) is 1. The highest BCUT2D eigenvalue weighted by atomic mass is 19.1. The molecule has 0 aliphatic heterocycles. The van der Waals surface area contributed by atoms with Crippen LogP contribution >= 0.6 is 0 Å². The molecular weight excluding hydrogens is 249 g/mol. The van der Waals surface area contributed by atoms with Crippen LogP contribution in [0.3, 0.4) is 0 Å². The minimum Gasteiger partial charge on any atom is -0.316 e. The fourth-order valence-electron chi connectivity index (χ4n) is 2.80. The Morgan fingerprint density at radius 1 is 1.20 bits per heavy atom. The number of unbranched alkanes of at least 4 members (excludes halogenated alkanes) is 1. The molecule has 0 saturated heterocycles. The molecule has 20 heavy (non-hydrogen) atoms. The molecule has 2 atom stereocenters. The van der Waals surface area contributed by atoms with E-state index in [1.807, 2.05) is 6.07 Å². The summed E-state index contributed by atoms with van der Waals surface area (Å²) in [6.45, 7) is 8.56. The van der Waals surface area contributed by atoms with Gasteiger partial charge >= 0.3 is 0 Å². The molecule has 0 aliphatic rings. The second-order valence-electron chi connectivity index (χ2n) is 5.71. The molecule has 114 valence electrons. The Kier molecular flexibility index (Phi) is 8.52. The lowest BCUT2D eigenvalue weighted by Crippen LogP contribution is -2.23. The van der Waals surface area contributed by atoms with Gasteiger partial charge in [0.25, 0.3) is 0 Å². The van der Waals surface area contributed by atoms with Crippen molar-refractivity contribution in [1.29, 1.82) is 0 Å². The molecule has 1 rings (SSSR count). The summed E-state index contributed by atoms with van der Waals surface area (Å²) in [5.41, 5.74) is 1.14. The Labute approximate surface area is 124 Å². The van der Waals surface area contributed by atoms with Crippen molar-refractivity contribution in [3.05, 3.63) is 35.6 Å². The van der Waals surface area contributed by atoms with E-state index >= 15 is 0 Å². The van der Waals surface area contributed by atoms with Gasteiger partial charge in [-0.1, -0.05) is 58.6 Å². The normalized spacial score (nSPS) is 14.2. The van der Waals surface area contributed by atoms with Gasteiger partial charge in [0.15, 0.2) is 0 Å². The van der Waals surface area contributed by atoms with Crippen molar-refractivity contribution >= 4 is 0 Å². The Morgan fingerprint density at radius 2 is 2.00 bits per heavy atom. The molecule has 1 aromatic carbocycles. The molecule has 2 heteroatoms. The summed E-state index contributed by atoms with van der Waals surface area (Å²) in [7, 11) is 0. The van der Waals surface area contributed by atoms with Crippen molar-refractivity contribution < 1.29 is 4.39 Å². The molecule has 1 N–H and O–H groups in total. The Bertz CT molecular complexity index is 364. The highest BCUT2D eigenvalue weighted by molar-refractivity contribution is 5.21. The zero-order valence-corrected chi connectivity index (χ0v) is 13.3. The first-order valence-corrected chi connectivity index (χ1v) is 8.17. The number of rotatable bonds is 10. The predicted octanol–water partition coefficient (Wildman–Crippen LogP) is 5.13. The molecule has 1 aromatic rings. The van der Waals surface area contributed by atoms with Gasteiger partial charge in [-0.05, 0) is 42.5 Å². The van der Waals surface area contributed by atoms with E-state index in [9.17, 15) is 4.39 Å². The molecule has 0 aromatic heterocycles. The van der Waals surface area contributed by atoms with E-state index in [-0.39, 0.29) is 5.82 Å². The minimum atomic E-state index is -0.120. The molecule has 2 unspecified atom stereocenters.